The molecule has 1 aliphatic rings. The number of hydrogen-bond acceptors (Lipinski definition) is 3. The largest absolute Gasteiger partial charge is 0.307 e. The van der Waals surface area contributed by atoms with Crippen LogP contribution in [0.5, 0.6) is 0 Å². The molecule has 1 aliphatic carbocycles. The lowest BCUT2D eigenvalue weighted by atomic mass is 9.74. The Bertz CT molecular complexity index is 3660. The fraction of sp³-hybridized carbons (Fsp3) is 0. The second-order valence-corrected chi connectivity index (χ2v) is 15.9. The molecule has 0 bridgehead atoms. The maximum atomic E-state index is 5.16. The quantitative estimate of drug-likeness (QED) is 0.169. The van der Waals surface area contributed by atoms with Crippen molar-refractivity contribution in [3.63, 3.8) is 0 Å². The maximum absolute atomic E-state index is 5.16. The van der Waals surface area contributed by atoms with Gasteiger partial charge in [-0.3, -0.25) is 0 Å². The molecule has 62 heavy (non-hydrogen) atoms. The summed E-state index contributed by atoms with van der Waals surface area (Å²) in [6.45, 7) is 0. The molecule has 0 saturated carbocycles. The van der Waals surface area contributed by atoms with Crippen LogP contribution in [-0.2, 0) is 0 Å². The second-order valence-electron chi connectivity index (χ2n) is 15.9. The molecule has 5 heteroatoms. The molecule has 0 amide bonds. The summed E-state index contributed by atoms with van der Waals surface area (Å²) < 4.78 is 4.90. The monoisotopic (exact) mass is 789 g/mol. The summed E-state index contributed by atoms with van der Waals surface area (Å²) in [5.74, 6) is 1.97. The van der Waals surface area contributed by atoms with E-state index in [1.165, 1.54) is 65.9 Å². The highest BCUT2D eigenvalue weighted by molar-refractivity contribution is 6.24. The van der Waals surface area contributed by atoms with E-state index in [0.717, 1.165) is 39.1 Å². The third-order valence-electron chi connectivity index (χ3n) is 12.5. The number of rotatable bonds is 6. The number of nitrogens with zero attached hydrogens (tertiary/aromatic N) is 5. The van der Waals surface area contributed by atoms with Crippen molar-refractivity contribution in [2.24, 2.45) is 0 Å². The molecule has 13 rings (SSSR count). The smallest absolute Gasteiger partial charge is 0.164 e. The number of fused-ring (bicyclic) bond motifs is 11. The van der Waals surface area contributed by atoms with Gasteiger partial charge < -0.3 is 9.13 Å². The van der Waals surface area contributed by atoms with Gasteiger partial charge in [0.25, 0.3) is 0 Å². The lowest BCUT2D eigenvalue weighted by molar-refractivity contribution is 1.07. The highest BCUT2D eigenvalue weighted by Crippen LogP contribution is 2.55. The van der Waals surface area contributed by atoms with Crippen molar-refractivity contribution >= 4 is 43.6 Å². The number of aromatic nitrogens is 5. The van der Waals surface area contributed by atoms with E-state index in [2.05, 4.69) is 185 Å². The van der Waals surface area contributed by atoms with Gasteiger partial charge >= 0.3 is 0 Å². The molecule has 0 aliphatic heterocycles. The van der Waals surface area contributed by atoms with Crippen LogP contribution in [-0.4, -0.2) is 24.1 Å². The minimum absolute atomic E-state index is 0.653. The average molecular weight is 790 g/mol. The van der Waals surface area contributed by atoms with Gasteiger partial charge in [-0.25, -0.2) is 15.0 Å². The zero-order valence-corrected chi connectivity index (χ0v) is 33.4. The topological polar surface area (TPSA) is 48.5 Å². The first-order valence-electron chi connectivity index (χ1n) is 21.0. The van der Waals surface area contributed by atoms with Crippen LogP contribution < -0.4 is 0 Å². The summed E-state index contributed by atoms with van der Waals surface area (Å²) in [4.78, 5) is 15.3. The van der Waals surface area contributed by atoms with E-state index in [9.17, 15) is 0 Å². The van der Waals surface area contributed by atoms with Crippen LogP contribution in [0, 0.1) is 0 Å². The van der Waals surface area contributed by atoms with Crippen LogP contribution >= 0.6 is 0 Å². The SMILES string of the molecule is c1ccc(-c2nc(-c3ccccc3)nc(-c3cccc4c3-c3c(-c5ccc6c(c5)c5ccc7c8ccccc8n(-c8ccccc8)c7c5n6-c5ccccc5)cccc3-4)n2)cc1. The molecule has 0 saturated heterocycles. The van der Waals surface area contributed by atoms with Crippen LogP contribution in [0.1, 0.15) is 0 Å². The molecular weight excluding hydrogens is 755 g/mol. The molecular formula is C57H35N5. The molecule has 9 aromatic carbocycles. The highest BCUT2D eigenvalue weighted by Gasteiger charge is 2.31. The summed E-state index contributed by atoms with van der Waals surface area (Å²) in [6.07, 6.45) is 0. The molecule has 0 N–H and O–H groups in total. The van der Waals surface area contributed by atoms with Gasteiger partial charge in [0.15, 0.2) is 17.5 Å². The van der Waals surface area contributed by atoms with E-state index in [0.29, 0.717) is 17.5 Å². The molecule has 12 aromatic rings. The van der Waals surface area contributed by atoms with Crippen molar-refractivity contribution in [2.75, 3.05) is 0 Å². The lowest BCUT2D eigenvalue weighted by Gasteiger charge is -2.29. The van der Waals surface area contributed by atoms with Gasteiger partial charge in [-0.05, 0) is 70.3 Å². The normalized spacial score (nSPS) is 11.9. The Morgan fingerprint density at radius 3 is 1.32 bits per heavy atom. The second kappa shape index (κ2) is 13.6. The van der Waals surface area contributed by atoms with E-state index < -0.39 is 0 Å². The van der Waals surface area contributed by atoms with Crippen LogP contribution in [0.3, 0.4) is 0 Å². The Kier molecular flexibility index (Phi) is 7.54. The third-order valence-corrected chi connectivity index (χ3v) is 12.5. The van der Waals surface area contributed by atoms with Gasteiger partial charge in [0.2, 0.25) is 0 Å². The van der Waals surface area contributed by atoms with E-state index in [1.807, 2.05) is 36.4 Å². The Morgan fingerprint density at radius 2 is 0.726 bits per heavy atom. The van der Waals surface area contributed by atoms with Crippen molar-refractivity contribution in [1.29, 1.82) is 0 Å². The first-order valence-corrected chi connectivity index (χ1v) is 21.0. The summed E-state index contributed by atoms with van der Waals surface area (Å²) in [6, 6.07) is 75.5. The summed E-state index contributed by atoms with van der Waals surface area (Å²) in [5, 5.41) is 4.88. The Balaban J connectivity index is 1.04. The summed E-state index contributed by atoms with van der Waals surface area (Å²) in [7, 11) is 0. The fourth-order valence-electron chi connectivity index (χ4n) is 9.79. The Labute approximate surface area is 357 Å². The number of hydrogen-bond donors (Lipinski definition) is 0. The van der Waals surface area contributed by atoms with Gasteiger partial charge in [0, 0.05) is 55.2 Å². The zero-order chi connectivity index (χ0) is 40.7. The molecule has 0 spiro atoms. The predicted octanol–water partition coefficient (Wildman–Crippen LogP) is 14.4. The van der Waals surface area contributed by atoms with Crippen molar-refractivity contribution in [2.45, 2.75) is 0 Å². The average Bonchev–Trinajstić information content (AvgIpc) is 3.86. The van der Waals surface area contributed by atoms with Crippen molar-refractivity contribution in [3.8, 4) is 78.9 Å². The van der Waals surface area contributed by atoms with Crippen molar-refractivity contribution in [3.05, 3.63) is 212 Å². The van der Waals surface area contributed by atoms with Crippen LogP contribution in [0.2, 0.25) is 0 Å². The van der Waals surface area contributed by atoms with Crippen LogP contribution in [0.4, 0.5) is 0 Å². The number of para-hydroxylation sites is 3. The number of benzene rings is 9. The molecule has 3 aromatic heterocycles. The zero-order valence-electron chi connectivity index (χ0n) is 33.4. The maximum Gasteiger partial charge on any atom is 0.164 e. The van der Waals surface area contributed by atoms with Crippen LogP contribution in [0.25, 0.3) is 123 Å². The van der Waals surface area contributed by atoms with Gasteiger partial charge in [0.1, 0.15) is 0 Å². The molecule has 0 fully saturated rings. The van der Waals surface area contributed by atoms with E-state index >= 15 is 0 Å². The fourth-order valence-corrected chi connectivity index (χ4v) is 9.79. The first-order chi connectivity index (χ1) is 30.8. The Hall–Kier alpha value is -8.41. The van der Waals surface area contributed by atoms with Gasteiger partial charge in [-0.1, -0.05) is 170 Å². The van der Waals surface area contributed by atoms with Crippen LogP contribution in [0.15, 0.2) is 212 Å². The van der Waals surface area contributed by atoms with Gasteiger partial charge in [-0.2, -0.15) is 0 Å². The molecule has 0 atom stereocenters. The van der Waals surface area contributed by atoms with Gasteiger partial charge in [-0.15, -0.1) is 0 Å². The van der Waals surface area contributed by atoms with Gasteiger partial charge in [0.05, 0.1) is 22.1 Å². The standard InChI is InChI=1S/C57H35N5/c1-5-17-36(18-6-1)55-58-56(37-19-7-2-8-20-37)60-57(59-55)47-29-16-28-44-43-27-15-26-41(51(43)52(44)47)38-31-34-50-48(35-38)46-33-32-45-42-25-13-14-30-49(42)61(39-21-9-3-10-22-39)53(45)54(46)62(50)40-23-11-4-12-24-40/h1-35H. The Morgan fingerprint density at radius 1 is 0.274 bits per heavy atom. The first kappa shape index (κ1) is 34.5. The molecule has 5 nitrogen and oxygen atoms in total. The molecule has 0 radical (unpaired) electrons. The van der Waals surface area contributed by atoms with E-state index in [-0.39, 0.29) is 0 Å². The molecule has 0 unspecified atom stereocenters. The molecule has 3 heterocycles. The van der Waals surface area contributed by atoms with E-state index in [4.69, 9.17) is 15.0 Å². The highest BCUT2D eigenvalue weighted by atomic mass is 15.0. The minimum Gasteiger partial charge on any atom is -0.307 e. The summed E-state index contributed by atoms with van der Waals surface area (Å²) in [5.41, 5.74) is 17.1. The lowest BCUT2D eigenvalue weighted by Crippen LogP contribution is -2.06. The van der Waals surface area contributed by atoms with E-state index in [1.54, 1.807) is 0 Å². The summed E-state index contributed by atoms with van der Waals surface area (Å²) >= 11 is 0. The predicted molar refractivity (Wildman–Crippen MR) is 255 cm³/mol. The molecule has 288 valence electrons. The third kappa shape index (κ3) is 5.12. The minimum atomic E-state index is 0.653. The van der Waals surface area contributed by atoms with Crippen molar-refractivity contribution in [1.82, 2.24) is 24.1 Å². The van der Waals surface area contributed by atoms with Crippen molar-refractivity contribution < 1.29 is 0 Å².